The average Bonchev–Trinajstić information content (AvgIpc) is 3.47. The summed E-state index contributed by atoms with van der Waals surface area (Å²) in [6, 6.07) is 9.94. The zero-order chi connectivity index (χ0) is 20.4. The summed E-state index contributed by atoms with van der Waals surface area (Å²) < 4.78 is 0.638. The molecule has 0 saturated heterocycles. The van der Waals surface area contributed by atoms with E-state index in [9.17, 15) is 4.79 Å². The molecular formula is C21H22ClN3O2S2. The molecule has 152 valence electrons. The fourth-order valence-electron chi connectivity index (χ4n) is 3.53. The van der Waals surface area contributed by atoms with Crippen molar-refractivity contribution >= 4 is 52.0 Å². The fourth-order valence-corrected chi connectivity index (χ4v) is 5.20. The first-order chi connectivity index (χ1) is 14.0. The molecule has 3 heterocycles. The summed E-state index contributed by atoms with van der Waals surface area (Å²) >= 11 is 8.94. The molecule has 0 radical (unpaired) electrons. The molecule has 2 aliphatic rings. The molecule has 2 aliphatic heterocycles. The number of thioether (sulfide) groups is 1. The maximum atomic E-state index is 12.3. The number of aliphatic imine (C=N–C) groups is 1. The van der Waals surface area contributed by atoms with Gasteiger partial charge in [-0.3, -0.25) is 9.79 Å². The monoisotopic (exact) mass is 447 g/mol. The molecule has 4 rings (SSSR count). The molecule has 1 aromatic carbocycles. The summed E-state index contributed by atoms with van der Waals surface area (Å²) in [6.07, 6.45) is 3.80. The van der Waals surface area contributed by atoms with Gasteiger partial charge in [-0.25, -0.2) is 0 Å². The molecule has 0 aliphatic carbocycles. The Morgan fingerprint density at radius 2 is 2.24 bits per heavy atom. The number of rotatable bonds is 7. The molecule has 1 aromatic heterocycles. The Kier molecular flexibility index (Phi) is 6.27. The van der Waals surface area contributed by atoms with Crippen LogP contribution in [-0.4, -0.2) is 54.7 Å². The molecule has 5 nitrogen and oxygen atoms in total. The van der Waals surface area contributed by atoms with Crippen LogP contribution in [0.5, 0.6) is 0 Å². The van der Waals surface area contributed by atoms with Gasteiger partial charge in [0, 0.05) is 42.5 Å². The van der Waals surface area contributed by atoms with Crippen LogP contribution < -0.4 is 0 Å². The molecule has 0 N–H and O–H groups in total. The molecule has 8 heteroatoms. The number of nitrogens with zero attached hydrogens (tertiary/aromatic N) is 3. The van der Waals surface area contributed by atoms with E-state index in [1.54, 1.807) is 23.9 Å². The van der Waals surface area contributed by atoms with E-state index in [0.717, 1.165) is 40.7 Å². The molecule has 0 saturated carbocycles. The first-order valence-corrected chi connectivity index (χ1v) is 11.9. The van der Waals surface area contributed by atoms with Crippen molar-refractivity contribution in [2.24, 2.45) is 10.1 Å². The third-order valence-corrected chi connectivity index (χ3v) is 7.15. The second kappa shape index (κ2) is 8.90. The van der Waals surface area contributed by atoms with Crippen molar-refractivity contribution in [1.29, 1.82) is 0 Å². The van der Waals surface area contributed by atoms with Crippen LogP contribution >= 0.6 is 34.7 Å². The summed E-state index contributed by atoms with van der Waals surface area (Å²) in [5.41, 5.74) is 3.18. The third-order valence-electron chi connectivity index (χ3n) is 5.10. The number of halogens is 1. The lowest BCUT2D eigenvalue weighted by Crippen LogP contribution is -2.23. The largest absolute Gasteiger partial charge is 0.392 e. The number of carbonyl (C=O) groups excluding carboxylic acids is 1. The van der Waals surface area contributed by atoms with Gasteiger partial charge in [-0.05, 0) is 30.9 Å². The van der Waals surface area contributed by atoms with Gasteiger partial charge in [-0.1, -0.05) is 28.9 Å². The predicted molar refractivity (Wildman–Crippen MR) is 121 cm³/mol. The second-order valence-electron chi connectivity index (χ2n) is 7.08. The first-order valence-electron chi connectivity index (χ1n) is 9.50. The molecule has 2 aromatic rings. The van der Waals surface area contributed by atoms with Gasteiger partial charge in [0.25, 0.3) is 0 Å². The summed E-state index contributed by atoms with van der Waals surface area (Å²) in [7, 11) is 2.07. The molecule has 1 atom stereocenters. The van der Waals surface area contributed by atoms with Crippen molar-refractivity contribution in [2.45, 2.75) is 30.3 Å². The standard InChI is InChI=1S/C21H22ClN3O2S2/c1-25-10-9-23-21(25)13-3-5-15(19(11-13)28-2)16-12-14(27-24-16)4-6-17(26)18-7-8-20(22)29-18/h3,5,7-8,11,14H,4,6,9-10,12H2,1-2H3. The average molecular weight is 448 g/mol. The van der Waals surface area contributed by atoms with Crippen molar-refractivity contribution in [3.05, 3.63) is 50.7 Å². The second-order valence-corrected chi connectivity index (χ2v) is 9.64. The SMILES string of the molecule is CSc1cc(C2=NCCN2C)ccc1C1=NOC(CCC(=O)c2ccc(Cl)s2)C1. The van der Waals surface area contributed by atoms with E-state index in [1.165, 1.54) is 11.3 Å². The number of benzene rings is 1. The highest BCUT2D eigenvalue weighted by Gasteiger charge is 2.25. The number of oxime groups is 1. The lowest BCUT2D eigenvalue weighted by atomic mass is 10.00. The number of hydrogen-bond donors (Lipinski definition) is 0. The van der Waals surface area contributed by atoms with Gasteiger partial charge >= 0.3 is 0 Å². The summed E-state index contributed by atoms with van der Waals surface area (Å²) in [5.74, 6) is 1.15. The Labute approximate surface area is 183 Å². The van der Waals surface area contributed by atoms with Gasteiger partial charge in [0.2, 0.25) is 0 Å². The quantitative estimate of drug-likeness (QED) is 0.444. The highest BCUT2D eigenvalue weighted by Crippen LogP contribution is 2.29. The summed E-state index contributed by atoms with van der Waals surface area (Å²) in [4.78, 5) is 26.6. The van der Waals surface area contributed by atoms with Crippen LogP contribution in [0.3, 0.4) is 0 Å². The highest BCUT2D eigenvalue weighted by atomic mass is 35.5. The number of thiophene rings is 1. The Bertz CT molecular complexity index is 986. The number of hydrogen-bond acceptors (Lipinski definition) is 7. The van der Waals surface area contributed by atoms with Crippen molar-refractivity contribution in [3.8, 4) is 0 Å². The Balaban J connectivity index is 1.40. The van der Waals surface area contributed by atoms with Crippen LogP contribution in [0, 0.1) is 0 Å². The van der Waals surface area contributed by atoms with Gasteiger partial charge in [0.15, 0.2) is 5.78 Å². The zero-order valence-corrected chi connectivity index (χ0v) is 18.7. The molecule has 0 fully saturated rings. The van der Waals surface area contributed by atoms with Crippen molar-refractivity contribution < 1.29 is 9.63 Å². The van der Waals surface area contributed by atoms with Crippen LogP contribution in [0.25, 0.3) is 0 Å². The number of amidine groups is 1. The third kappa shape index (κ3) is 4.52. The van der Waals surface area contributed by atoms with Crippen LogP contribution in [0.4, 0.5) is 0 Å². The zero-order valence-electron chi connectivity index (χ0n) is 16.4. The Morgan fingerprint density at radius 1 is 1.38 bits per heavy atom. The maximum Gasteiger partial charge on any atom is 0.172 e. The highest BCUT2D eigenvalue weighted by molar-refractivity contribution is 7.98. The summed E-state index contributed by atoms with van der Waals surface area (Å²) in [5, 5.41) is 4.33. The minimum Gasteiger partial charge on any atom is -0.392 e. The van der Waals surface area contributed by atoms with Gasteiger partial charge < -0.3 is 9.74 Å². The molecular weight excluding hydrogens is 426 g/mol. The van der Waals surface area contributed by atoms with Crippen molar-refractivity contribution in [2.75, 3.05) is 26.4 Å². The minimum atomic E-state index is -0.0656. The van der Waals surface area contributed by atoms with E-state index in [-0.39, 0.29) is 11.9 Å². The Morgan fingerprint density at radius 3 is 2.93 bits per heavy atom. The predicted octanol–water partition coefficient (Wildman–Crippen LogP) is 4.97. The Hall–Kier alpha value is -1.83. The molecule has 1 unspecified atom stereocenters. The lowest BCUT2D eigenvalue weighted by molar-refractivity contribution is 0.0720. The van der Waals surface area contributed by atoms with E-state index in [0.29, 0.717) is 28.5 Å². The van der Waals surface area contributed by atoms with Crippen LogP contribution in [0.2, 0.25) is 4.34 Å². The van der Waals surface area contributed by atoms with E-state index in [4.69, 9.17) is 16.4 Å². The normalized spacial score (nSPS) is 18.6. The van der Waals surface area contributed by atoms with E-state index in [1.807, 2.05) is 0 Å². The maximum absolute atomic E-state index is 12.3. The fraction of sp³-hybridized carbons (Fsp3) is 0.381. The summed E-state index contributed by atoms with van der Waals surface area (Å²) in [6.45, 7) is 1.81. The molecule has 0 spiro atoms. The lowest BCUT2D eigenvalue weighted by Gasteiger charge is -2.15. The van der Waals surface area contributed by atoms with E-state index in [2.05, 4.69) is 46.6 Å². The van der Waals surface area contributed by atoms with E-state index < -0.39 is 0 Å². The van der Waals surface area contributed by atoms with Gasteiger partial charge in [-0.15, -0.1) is 23.1 Å². The molecule has 0 amide bonds. The van der Waals surface area contributed by atoms with Crippen molar-refractivity contribution in [3.63, 3.8) is 0 Å². The number of ketones is 1. The molecule has 29 heavy (non-hydrogen) atoms. The van der Waals surface area contributed by atoms with Gasteiger partial charge in [0.1, 0.15) is 11.9 Å². The van der Waals surface area contributed by atoms with Crippen molar-refractivity contribution in [1.82, 2.24) is 4.90 Å². The number of likely N-dealkylation sites (N-methyl/N-ethyl adjacent to an activating group) is 1. The first kappa shape index (κ1) is 20.4. The number of carbonyl (C=O) groups is 1. The van der Waals surface area contributed by atoms with E-state index >= 15 is 0 Å². The van der Waals surface area contributed by atoms with Crippen LogP contribution in [0.1, 0.15) is 40.1 Å². The van der Waals surface area contributed by atoms with Crippen LogP contribution in [0.15, 0.2) is 45.4 Å². The van der Waals surface area contributed by atoms with Crippen LogP contribution in [-0.2, 0) is 4.84 Å². The minimum absolute atomic E-state index is 0.0656. The number of Topliss-reactive ketones (excluding diaryl/α,β-unsaturated/α-hetero) is 1. The van der Waals surface area contributed by atoms with Gasteiger partial charge in [0.05, 0.1) is 21.5 Å². The topological polar surface area (TPSA) is 54.3 Å². The molecule has 0 bridgehead atoms. The smallest absolute Gasteiger partial charge is 0.172 e. The van der Waals surface area contributed by atoms with Gasteiger partial charge in [-0.2, -0.15) is 0 Å².